The van der Waals surface area contributed by atoms with Gasteiger partial charge >= 0.3 is 0 Å². The van der Waals surface area contributed by atoms with Gasteiger partial charge in [-0.15, -0.1) is 0 Å². The molecule has 0 radical (unpaired) electrons. The average molecular weight is 130 g/mol. The van der Waals surface area contributed by atoms with E-state index >= 15 is 0 Å². The fraction of sp³-hybridized carbons (Fsp3) is 0.667. The van der Waals surface area contributed by atoms with Gasteiger partial charge in [0.25, 0.3) is 0 Å². The van der Waals surface area contributed by atoms with E-state index in [9.17, 15) is 0 Å². The minimum Gasteiger partial charge on any atom is -0.368 e. The molecule has 9 heavy (non-hydrogen) atoms. The summed E-state index contributed by atoms with van der Waals surface area (Å²) in [4.78, 5) is 0. The first kappa shape index (κ1) is 6.74. The summed E-state index contributed by atoms with van der Waals surface area (Å²) in [6.07, 6.45) is 0.961. The topological polar surface area (TPSA) is 38.7 Å². The molecule has 1 fully saturated rings. The Morgan fingerprint density at radius 3 is 2.89 bits per heavy atom. The maximum absolute atomic E-state index is 8.86. The predicted octanol–water partition coefficient (Wildman–Crippen LogP) is 0.254. The van der Waals surface area contributed by atoms with Crippen molar-refractivity contribution >= 4 is 0 Å². The van der Waals surface area contributed by atoms with Crippen LogP contribution in [0.15, 0.2) is 12.7 Å². The second-order valence-corrected chi connectivity index (χ2v) is 1.85. The van der Waals surface area contributed by atoms with Crippen molar-refractivity contribution < 1.29 is 14.6 Å². The van der Waals surface area contributed by atoms with E-state index in [0.29, 0.717) is 13.0 Å². The molecule has 0 amide bonds. The van der Waals surface area contributed by atoms with Gasteiger partial charge in [-0.05, 0) is 6.08 Å². The third-order valence-electron chi connectivity index (χ3n) is 1.13. The third-order valence-corrected chi connectivity index (χ3v) is 1.13. The number of rotatable bonds is 1. The van der Waals surface area contributed by atoms with E-state index in [4.69, 9.17) is 14.6 Å². The van der Waals surface area contributed by atoms with Gasteiger partial charge < -0.3 is 14.6 Å². The van der Waals surface area contributed by atoms with Gasteiger partial charge in [0.15, 0.2) is 12.6 Å². The van der Waals surface area contributed by atoms with Crippen LogP contribution in [0.4, 0.5) is 0 Å². The Labute approximate surface area is 53.9 Å². The second-order valence-electron chi connectivity index (χ2n) is 1.85. The molecule has 3 nitrogen and oxygen atoms in total. The van der Waals surface area contributed by atoms with E-state index in [1.165, 1.54) is 6.08 Å². The fourth-order valence-electron chi connectivity index (χ4n) is 0.671. The number of hydrogen-bond acceptors (Lipinski definition) is 3. The van der Waals surface area contributed by atoms with Gasteiger partial charge in [0.1, 0.15) is 0 Å². The van der Waals surface area contributed by atoms with Crippen LogP contribution in [0.25, 0.3) is 0 Å². The first-order valence-corrected chi connectivity index (χ1v) is 2.90. The number of ether oxygens (including phenoxy) is 2. The first-order valence-electron chi connectivity index (χ1n) is 2.90. The Kier molecular flexibility index (Phi) is 2.22. The zero-order chi connectivity index (χ0) is 6.69. The summed E-state index contributed by atoms with van der Waals surface area (Å²) < 4.78 is 9.85. The third kappa shape index (κ3) is 1.78. The molecular weight excluding hydrogens is 120 g/mol. The van der Waals surface area contributed by atoms with Crippen molar-refractivity contribution in [2.75, 3.05) is 6.61 Å². The average Bonchev–Trinajstić information content (AvgIpc) is 1.88. The van der Waals surface area contributed by atoms with Crippen LogP contribution < -0.4 is 0 Å². The molecule has 0 aromatic rings. The van der Waals surface area contributed by atoms with Crippen LogP contribution >= 0.6 is 0 Å². The predicted molar refractivity (Wildman–Crippen MR) is 31.6 cm³/mol. The molecule has 0 aromatic heterocycles. The van der Waals surface area contributed by atoms with E-state index in [0.717, 1.165) is 0 Å². The monoisotopic (exact) mass is 130 g/mol. The van der Waals surface area contributed by atoms with Gasteiger partial charge in [0.05, 0.1) is 6.61 Å². The standard InChI is InChI=1S/C6H10O3/c1-2-6-8-4-3-5(7)9-6/h2,5-7H,1,3-4H2. The lowest BCUT2D eigenvalue weighted by atomic mass is 10.4. The highest BCUT2D eigenvalue weighted by atomic mass is 16.7. The van der Waals surface area contributed by atoms with Crippen LogP contribution in [-0.4, -0.2) is 24.3 Å². The van der Waals surface area contributed by atoms with Gasteiger partial charge in [-0.3, -0.25) is 0 Å². The molecule has 0 aromatic carbocycles. The molecule has 0 aliphatic carbocycles. The van der Waals surface area contributed by atoms with Crippen molar-refractivity contribution in [3.63, 3.8) is 0 Å². The first-order chi connectivity index (χ1) is 4.33. The normalized spacial score (nSPS) is 36.1. The number of aliphatic hydroxyl groups is 1. The molecule has 2 atom stereocenters. The number of hydrogen-bond donors (Lipinski definition) is 1. The Bertz CT molecular complexity index is 102. The Morgan fingerprint density at radius 2 is 2.44 bits per heavy atom. The summed E-state index contributed by atoms with van der Waals surface area (Å²) >= 11 is 0. The molecule has 0 spiro atoms. The minimum absolute atomic E-state index is 0.422. The minimum atomic E-state index is -0.679. The lowest BCUT2D eigenvalue weighted by Gasteiger charge is -2.24. The maximum Gasteiger partial charge on any atom is 0.179 e. The highest BCUT2D eigenvalue weighted by molar-refractivity contribution is 4.74. The van der Waals surface area contributed by atoms with Crippen molar-refractivity contribution in [3.8, 4) is 0 Å². The molecule has 52 valence electrons. The summed E-state index contributed by atoms with van der Waals surface area (Å²) in [6.45, 7) is 4.00. The molecule has 0 saturated carbocycles. The van der Waals surface area contributed by atoms with E-state index < -0.39 is 12.6 Å². The molecule has 1 aliphatic heterocycles. The molecule has 1 rings (SSSR count). The molecule has 2 unspecified atom stereocenters. The molecular formula is C6H10O3. The SMILES string of the molecule is C=CC1OCCC(O)O1. The van der Waals surface area contributed by atoms with Crippen LogP contribution in [0, 0.1) is 0 Å². The molecule has 1 aliphatic rings. The maximum atomic E-state index is 8.86. The van der Waals surface area contributed by atoms with Gasteiger partial charge in [0, 0.05) is 6.42 Å². The smallest absolute Gasteiger partial charge is 0.179 e. The fourth-order valence-corrected chi connectivity index (χ4v) is 0.671. The summed E-state index contributed by atoms with van der Waals surface area (Å²) in [5, 5.41) is 8.86. The Morgan fingerprint density at radius 1 is 1.67 bits per heavy atom. The second kappa shape index (κ2) is 2.96. The quantitative estimate of drug-likeness (QED) is 0.517. The highest BCUT2D eigenvalue weighted by Gasteiger charge is 2.17. The van der Waals surface area contributed by atoms with Gasteiger partial charge in [0.2, 0.25) is 0 Å². The largest absolute Gasteiger partial charge is 0.368 e. The van der Waals surface area contributed by atoms with E-state index in [-0.39, 0.29) is 0 Å². The van der Waals surface area contributed by atoms with Crippen molar-refractivity contribution in [1.82, 2.24) is 0 Å². The summed E-state index contributed by atoms with van der Waals surface area (Å²) in [7, 11) is 0. The summed E-state index contributed by atoms with van der Waals surface area (Å²) in [5.74, 6) is 0. The summed E-state index contributed by atoms with van der Waals surface area (Å²) in [6, 6.07) is 0. The van der Waals surface area contributed by atoms with E-state index in [1.807, 2.05) is 0 Å². The van der Waals surface area contributed by atoms with Gasteiger partial charge in [-0.2, -0.15) is 0 Å². The van der Waals surface area contributed by atoms with E-state index in [1.54, 1.807) is 0 Å². The van der Waals surface area contributed by atoms with Gasteiger partial charge in [-0.1, -0.05) is 6.58 Å². The van der Waals surface area contributed by atoms with Crippen molar-refractivity contribution in [1.29, 1.82) is 0 Å². The van der Waals surface area contributed by atoms with Crippen molar-refractivity contribution in [2.45, 2.75) is 19.0 Å². The van der Waals surface area contributed by atoms with Crippen LogP contribution in [0.2, 0.25) is 0 Å². The Balaban J connectivity index is 2.31. The lowest BCUT2D eigenvalue weighted by molar-refractivity contribution is -0.250. The molecule has 3 heteroatoms. The molecule has 1 saturated heterocycles. The van der Waals surface area contributed by atoms with Crippen LogP contribution in [0.3, 0.4) is 0 Å². The Hall–Kier alpha value is -0.380. The van der Waals surface area contributed by atoms with Crippen molar-refractivity contribution in [3.05, 3.63) is 12.7 Å². The lowest BCUT2D eigenvalue weighted by Crippen LogP contribution is -2.30. The zero-order valence-corrected chi connectivity index (χ0v) is 5.12. The van der Waals surface area contributed by atoms with Crippen LogP contribution in [0.1, 0.15) is 6.42 Å². The molecule has 1 heterocycles. The van der Waals surface area contributed by atoms with Crippen LogP contribution in [0.5, 0.6) is 0 Å². The highest BCUT2D eigenvalue weighted by Crippen LogP contribution is 2.09. The molecule has 0 bridgehead atoms. The van der Waals surface area contributed by atoms with Crippen LogP contribution in [-0.2, 0) is 9.47 Å². The number of aliphatic hydroxyl groups excluding tert-OH is 1. The van der Waals surface area contributed by atoms with Crippen molar-refractivity contribution in [2.24, 2.45) is 0 Å². The summed E-state index contributed by atoms with van der Waals surface area (Å²) in [5.41, 5.74) is 0. The zero-order valence-electron chi connectivity index (χ0n) is 5.12. The molecule has 1 N–H and O–H groups in total. The van der Waals surface area contributed by atoms with E-state index in [2.05, 4.69) is 6.58 Å². The van der Waals surface area contributed by atoms with Gasteiger partial charge in [-0.25, -0.2) is 0 Å².